The quantitative estimate of drug-likeness (QED) is 0.223. The maximum Gasteiger partial charge on any atom is 0.408 e. The summed E-state index contributed by atoms with van der Waals surface area (Å²) in [4.78, 5) is 50.9. The zero-order valence-corrected chi connectivity index (χ0v) is 29.4. The molecule has 3 amide bonds. The first-order valence-corrected chi connectivity index (χ1v) is 16.0. The molecule has 3 aromatic rings. The second-order valence-electron chi connectivity index (χ2n) is 12.3. The number of carbonyl (C=O) groups is 4. The van der Waals surface area contributed by atoms with E-state index in [1.54, 1.807) is 25.7 Å². The number of alkyl carbamates (subject to hydrolysis) is 1. The Morgan fingerprint density at radius 1 is 0.745 bits per heavy atom. The van der Waals surface area contributed by atoms with Gasteiger partial charge in [0.2, 0.25) is 11.8 Å². The summed E-state index contributed by atoms with van der Waals surface area (Å²) in [6.07, 6.45) is -0.565. The number of hydrogen-bond donors (Lipinski definition) is 2. The smallest absolute Gasteiger partial charge is 0.408 e. The molecule has 0 fully saturated rings. The van der Waals surface area contributed by atoms with Crippen LogP contribution in [0.3, 0.4) is 0 Å². The Morgan fingerprint density at radius 3 is 1.83 bits per heavy atom. The van der Waals surface area contributed by atoms with Gasteiger partial charge in [0, 0.05) is 0 Å². The van der Waals surface area contributed by atoms with Crippen LogP contribution in [0.4, 0.5) is 10.5 Å². The molecule has 0 saturated heterocycles. The summed E-state index contributed by atoms with van der Waals surface area (Å²) in [6, 6.07) is 21.9. The highest BCUT2D eigenvalue weighted by molar-refractivity contribution is 6.01. The van der Waals surface area contributed by atoms with Gasteiger partial charge < -0.3 is 20.1 Å². The minimum absolute atomic E-state index is 0.0417. The van der Waals surface area contributed by atoms with Crippen molar-refractivity contribution in [3.63, 3.8) is 0 Å². The second-order valence-corrected chi connectivity index (χ2v) is 12.3. The van der Waals surface area contributed by atoms with Gasteiger partial charge in [-0.2, -0.15) is 0 Å². The molecular weight excluding hydrogens is 594 g/mol. The summed E-state index contributed by atoms with van der Waals surface area (Å²) in [7, 11) is 1.34. The molecule has 0 radical (unpaired) electrons. The lowest BCUT2D eigenvalue weighted by Gasteiger charge is -2.30. The van der Waals surface area contributed by atoms with Gasteiger partial charge in [-0.3, -0.25) is 14.5 Å². The van der Waals surface area contributed by atoms with Crippen molar-refractivity contribution in [2.45, 2.75) is 93.0 Å². The first-order chi connectivity index (χ1) is 22.2. The van der Waals surface area contributed by atoms with Crippen LogP contribution in [-0.2, 0) is 30.3 Å². The van der Waals surface area contributed by atoms with E-state index in [2.05, 4.69) is 10.6 Å². The van der Waals surface area contributed by atoms with Crippen molar-refractivity contribution in [2.24, 2.45) is 5.92 Å². The fourth-order valence-electron chi connectivity index (χ4n) is 5.00. The monoisotopic (exact) mass is 645 g/mol. The van der Waals surface area contributed by atoms with Gasteiger partial charge in [-0.25, -0.2) is 9.59 Å². The van der Waals surface area contributed by atoms with Gasteiger partial charge in [-0.1, -0.05) is 92.2 Å². The minimum atomic E-state index is -0.689. The predicted octanol–water partition coefficient (Wildman–Crippen LogP) is 6.77. The largest absolute Gasteiger partial charge is 0.467 e. The second kappa shape index (κ2) is 18.5. The number of para-hydroxylation sites is 1. The standard InChI is InChI=1S/C20H23NO3.C18H28N2O3/c1-14-9-8-10-15(2)19(14)21(16(3)20(23)24-4)18(22)13-17-11-6-5-7-12-17;1-11(2)16(20-18(22)23-12(3)4)17(21)19-14(6)15-9-7-13(5)8-10-15/h5-12,16H,13H2,1-4H3;7-12,14,16H,1-6H3,(H,19,21)(H,20,22)/t;14-,16?/m.0/s1. The number of nitrogens with one attached hydrogen (secondary N) is 2. The molecule has 9 nitrogen and oxygen atoms in total. The number of benzene rings is 3. The van der Waals surface area contributed by atoms with Gasteiger partial charge in [-0.05, 0) is 76.6 Å². The van der Waals surface area contributed by atoms with E-state index in [4.69, 9.17) is 9.47 Å². The Kier molecular flexibility index (Phi) is 15.1. The number of hydrogen-bond acceptors (Lipinski definition) is 6. The highest BCUT2D eigenvalue weighted by Crippen LogP contribution is 2.28. The average molecular weight is 646 g/mol. The van der Waals surface area contributed by atoms with Gasteiger partial charge in [0.25, 0.3) is 0 Å². The highest BCUT2D eigenvalue weighted by Gasteiger charge is 2.30. The normalized spacial score (nSPS) is 12.6. The van der Waals surface area contributed by atoms with Crippen molar-refractivity contribution in [3.05, 3.63) is 101 Å². The summed E-state index contributed by atoms with van der Waals surface area (Å²) in [5.41, 5.74) is 5.79. The molecule has 0 aliphatic carbocycles. The molecule has 0 aromatic heterocycles. The van der Waals surface area contributed by atoms with Gasteiger partial charge in [-0.15, -0.1) is 0 Å². The molecule has 0 aliphatic rings. The zero-order valence-electron chi connectivity index (χ0n) is 29.4. The number of rotatable bonds is 11. The van der Waals surface area contributed by atoms with E-state index >= 15 is 0 Å². The Bertz CT molecular complexity index is 1450. The maximum absolute atomic E-state index is 13.0. The van der Waals surface area contributed by atoms with Crippen LogP contribution in [-0.4, -0.2) is 49.2 Å². The van der Waals surface area contributed by atoms with E-state index in [0.29, 0.717) is 0 Å². The van der Waals surface area contributed by atoms with E-state index in [1.807, 2.05) is 114 Å². The van der Waals surface area contributed by atoms with Crippen molar-refractivity contribution in [1.82, 2.24) is 10.6 Å². The summed E-state index contributed by atoms with van der Waals surface area (Å²) >= 11 is 0. The molecule has 2 N–H and O–H groups in total. The van der Waals surface area contributed by atoms with Crippen molar-refractivity contribution < 1.29 is 28.7 Å². The molecule has 3 rings (SSSR count). The number of amides is 3. The number of carbonyl (C=O) groups excluding carboxylic acids is 4. The molecular formula is C38H51N3O6. The Morgan fingerprint density at radius 2 is 1.32 bits per heavy atom. The molecule has 0 heterocycles. The van der Waals surface area contributed by atoms with Crippen LogP contribution in [0.1, 0.15) is 75.4 Å². The molecule has 3 aromatic carbocycles. The van der Waals surface area contributed by atoms with E-state index in [0.717, 1.165) is 27.9 Å². The predicted molar refractivity (Wildman–Crippen MR) is 186 cm³/mol. The number of aryl methyl sites for hydroxylation is 3. The van der Waals surface area contributed by atoms with Gasteiger partial charge in [0.05, 0.1) is 31.4 Å². The summed E-state index contributed by atoms with van der Waals surface area (Å²) in [6.45, 7) is 16.8. The first-order valence-electron chi connectivity index (χ1n) is 16.0. The van der Waals surface area contributed by atoms with Crippen LogP contribution in [0.2, 0.25) is 0 Å². The third kappa shape index (κ3) is 11.9. The van der Waals surface area contributed by atoms with E-state index in [1.165, 1.54) is 12.7 Å². The van der Waals surface area contributed by atoms with Crippen LogP contribution >= 0.6 is 0 Å². The number of esters is 1. The Hall–Kier alpha value is -4.66. The topological polar surface area (TPSA) is 114 Å². The van der Waals surface area contributed by atoms with Gasteiger partial charge in [0.1, 0.15) is 12.1 Å². The van der Waals surface area contributed by atoms with Crippen LogP contribution in [0.5, 0.6) is 0 Å². The molecule has 2 unspecified atom stereocenters. The fraction of sp³-hybridized carbons (Fsp3) is 0.421. The lowest BCUT2D eigenvalue weighted by molar-refractivity contribution is -0.143. The van der Waals surface area contributed by atoms with Crippen LogP contribution in [0.15, 0.2) is 72.8 Å². The maximum atomic E-state index is 13.0. The molecule has 254 valence electrons. The molecule has 0 aliphatic heterocycles. The third-order valence-corrected chi connectivity index (χ3v) is 7.58. The van der Waals surface area contributed by atoms with E-state index < -0.39 is 24.1 Å². The van der Waals surface area contributed by atoms with E-state index in [9.17, 15) is 19.2 Å². The Balaban J connectivity index is 0.000000327. The van der Waals surface area contributed by atoms with Gasteiger partial charge >= 0.3 is 12.1 Å². The number of nitrogens with zero attached hydrogens (tertiary/aromatic N) is 1. The molecule has 0 saturated carbocycles. The van der Waals surface area contributed by atoms with Crippen molar-refractivity contribution in [1.29, 1.82) is 0 Å². The molecule has 3 atom stereocenters. The number of anilines is 1. The van der Waals surface area contributed by atoms with E-state index in [-0.39, 0.29) is 36.3 Å². The summed E-state index contributed by atoms with van der Waals surface area (Å²) in [5, 5.41) is 5.59. The SMILES string of the molecule is COC(=O)C(C)N(C(=O)Cc1ccccc1)c1c(C)cccc1C.Cc1ccc([C@H](C)NC(=O)C(NC(=O)OC(C)C)C(C)C)cc1. The number of methoxy groups -OCH3 is 1. The molecule has 9 heteroatoms. The van der Waals surface area contributed by atoms with Crippen molar-refractivity contribution >= 4 is 29.6 Å². The van der Waals surface area contributed by atoms with Crippen molar-refractivity contribution in [2.75, 3.05) is 12.0 Å². The first kappa shape index (κ1) is 38.5. The number of ether oxygens (including phenoxy) is 2. The minimum Gasteiger partial charge on any atom is -0.467 e. The molecule has 0 bridgehead atoms. The zero-order chi connectivity index (χ0) is 35.3. The summed E-state index contributed by atoms with van der Waals surface area (Å²) < 4.78 is 9.92. The molecule has 0 spiro atoms. The lowest BCUT2D eigenvalue weighted by atomic mass is 10.0. The molecule has 47 heavy (non-hydrogen) atoms. The van der Waals surface area contributed by atoms with Gasteiger partial charge in [0.15, 0.2) is 0 Å². The van der Waals surface area contributed by atoms with Crippen LogP contribution in [0, 0.1) is 26.7 Å². The summed E-state index contributed by atoms with van der Waals surface area (Å²) in [5.74, 6) is -0.815. The Labute approximate surface area is 280 Å². The average Bonchev–Trinajstić information content (AvgIpc) is 3.01. The lowest BCUT2D eigenvalue weighted by Crippen LogP contribution is -2.50. The van der Waals surface area contributed by atoms with Crippen LogP contribution in [0.25, 0.3) is 0 Å². The van der Waals surface area contributed by atoms with Crippen molar-refractivity contribution in [3.8, 4) is 0 Å². The highest BCUT2D eigenvalue weighted by atomic mass is 16.6. The third-order valence-electron chi connectivity index (χ3n) is 7.58. The fourth-order valence-corrected chi connectivity index (χ4v) is 5.00. The van der Waals surface area contributed by atoms with Crippen LogP contribution < -0.4 is 15.5 Å².